The molecule has 0 aromatic heterocycles. The van der Waals surface area contributed by atoms with Crippen molar-refractivity contribution < 1.29 is 32.2 Å². The van der Waals surface area contributed by atoms with Crippen LogP contribution >= 0.6 is 0 Å². The molecule has 0 spiro atoms. The summed E-state index contributed by atoms with van der Waals surface area (Å²) in [6, 6.07) is 18.2. The van der Waals surface area contributed by atoms with E-state index in [1.807, 2.05) is 30.3 Å². The summed E-state index contributed by atoms with van der Waals surface area (Å²) < 4.78 is 43.5. The van der Waals surface area contributed by atoms with Crippen LogP contribution in [0.1, 0.15) is 40.9 Å². The summed E-state index contributed by atoms with van der Waals surface area (Å²) in [4.78, 5) is 25.0. The highest BCUT2D eigenvalue weighted by Crippen LogP contribution is 2.34. The van der Waals surface area contributed by atoms with Crippen LogP contribution in [0.2, 0.25) is 0 Å². The zero-order chi connectivity index (χ0) is 27.0. The van der Waals surface area contributed by atoms with Gasteiger partial charge < -0.3 is 19.5 Å². The summed E-state index contributed by atoms with van der Waals surface area (Å²) >= 11 is 0. The number of rotatable bonds is 11. The van der Waals surface area contributed by atoms with E-state index in [2.05, 4.69) is 10.0 Å². The number of carbonyl (C=O) groups is 2. The smallest absolute Gasteiger partial charge is 0.340 e. The molecule has 0 bridgehead atoms. The van der Waals surface area contributed by atoms with Crippen LogP contribution in [0.3, 0.4) is 0 Å². The first-order valence-corrected chi connectivity index (χ1v) is 13.0. The summed E-state index contributed by atoms with van der Waals surface area (Å²) in [6.07, 6.45) is 0.463. The normalized spacial score (nSPS) is 11.9. The zero-order valence-electron chi connectivity index (χ0n) is 21.1. The molecule has 196 valence electrons. The fourth-order valence-electron chi connectivity index (χ4n) is 3.68. The minimum atomic E-state index is -3.72. The van der Waals surface area contributed by atoms with Crippen molar-refractivity contribution in [2.24, 2.45) is 0 Å². The van der Waals surface area contributed by atoms with Crippen LogP contribution in [-0.2, 0) is 26.0 Å². The number of amides is 1. The van der Waals surface area contributed by atoms with E-state index in [0.717, 1.165) is 11.1 Å². The van der Waals surface area contributed by atoms with E-state index in [0.29, 0.717) is 17.9 Å². The Morgan fingerprint density at radius 3 is 2.11 bits per heavy atom. The van der Waals surface area contributed by atoms with Crippen molar-refractivity contribution in [2.75, 3.05) is 26.6 Å². The molecule has 0 unspecified atom stereocenters. The summed E-state index contributed by atoms with van der Waals surface area (Å²) in [5, 5.41) is 2.71. The number of benzene rings is 3. The molecular formula is C27H30N2O7S. The van der Waals surface area contributed by atoms with Gasteiger partial charge in [0.05, 0.1) is 37.5 Å². The Morgan fingerprint density at radius 1 is 0.892 bits per heavy atom. The van der Waals surface area contributed by atoms with Crippen LogP contribution in [0, 0.1) is 0 Å². The SMILES string of the molecule is COC(=O)c1cc(OC)c(OC)cc1NC(=O)CCc1ccc(S(=O)(=O)N[C@H](C)c2ccccc2)cc1. The van der Waals surface area contributed by atoms with E-state index in [4.69, 9.17) is 14.2 Å². The zero-order valence-corrected chi connectivity index (χ0v) is 21.9. The number of ether oxygens (including phenoxy) is 3. The maximum atomic E-state index is 12.8. The van der Waals surface area contributed by atoms with Gasteiger partial charge in [0.25, 0.3) is 0 Å². The molecule has 0 aliphatic rings. The number of esters is 1. The summed E-state index contributed by atoms with van der Waals surface area (Å²) in [7, 11) is 0.408. The van der Waals surface area contributed by atoms with Gasteiger partial charge in [0, 0.05) is 24.6 Å². The Balaban J connectivity index is 1.65. The molecule has 0 fully saturated rings. The fourth-order valence-corrected chi connectivity index (χ4v) is 4.91. The number of carbonyl (C=O) groups excluding carboxylic acids is 2. The monoisotopic (exact) mass is 526 g/mol. The van der Waals surface area contributed by atoms with E-state index in [-0.39, 0.29) is 34.5 Å². The molecule has 0 heterocycles. The van der Waals surface area contributed by atoms with Gasteiger partial charge in [-0.2, -0.15) is 0 Å². The van der Waals surface area contributed by atoms with Gasteiger partial charge in [-0.3, -0.25) is 4.79 Å². The van der Waals surface area contributed by atoms with Crippen LogP contribution in [0.4, 0.5) is 5.69 Å². The molecule has 3 aromatic rings. The lowest BCUT2D eigenvalue weighted by atomic mass is 10.1. The van der Waals surface area contributed by atoms with Crippen LogP contribution in [0.25, 0.3) is 0 Å². The number of nitrogens with one attached hydrogen (secondary N) is 2. The van der Waals surface area contributed by atoms with Gasteiger partial charge >= 0.3 is 5.97 Å². The second-order valence-electron chi connectivity index (χ2n) is 8.19. The van der Waals surface area contributed by atoms with Gasteiger partial charge in [-0.05, 0) is 36.6 Å². The molecular weight excluding hydrogens is 496 g/mol. The standard InChI is InChI=1S/C27H30N2O7S/c1-18(20-8-6-5-7-9-20)29-37(32,33)21-13-10-19(11-14-21)12-15-26(30)28-23-17-25(35-3)24(34-2)16-22(23)27(31)36-4/h5-11,13-14,16-18,29H,12,15H2,1-4H3,(H,28,30)/t18-/m1/s1. The average Bonchev–Trinajstić information content (AvgIpc) is 2.91. The van der Waals surface area contributed by atoms with Crippen molar-refractivity contribution in [2.45, 2.75) is 30.7 Å². The molecule has 1 atom stereocenters. The second-order valence-corrected chi connectivity index (χ2v) is 9.90. The number of methoxy groups -OCH3 is 3. The molecule has 37 heavy (non-hydrogen) atoms. The topological polar surface area (TPSA) is 120 Å². The van der Waals surface area contributed by atoms with Crippen molar-refractivity contribution in [3.63, 3.8) is 0 Å². The largest absolute Gasteiger partial charge is 0.493 e. The molecule has 1 amide bonds. The Labute approximate surface area is 216 Å². The number of hydrogen-bond donors (Lipinski definition) is 2. The average molecular weight is 527 g/mol. The van der Waals surface area contributed by atoms with Crippen LogP contribution in [0.15, 0.2) is 71.6 Å². The molecule has 0 saturated carbocycles. The molecule has 0 aliphatic carbocycles. The molecule has 0 saturated heterocycles. The van der Waals surface area contributed by atoms with Gasteiger partial charge in [0.15, 0.2) is 11.5 Å². The van der Waals surface area contributed by atoms with Crippen molar-refractivity contribution in [3.8, 4) is 11.5 Å². The first-order chi connectivity index (χ1) is 17.7. The van der Waals surface area contributed by atoms with E-state index in [9.17, 15) is 18.0 Å². The van der Waals surface area contributed by atoms with E-state index in [1.54, 1.807) is 19.1 Å². The van der Waals surface area contributed by atoms with Gasteiger partial charge in [0.2, 0.25) is 15.9 Å². The summed E-state index contributed by atoms with van der Waals surface area (Å²) in [5.74, 6) is -0.309. The van der Waals surface area contributed by atoms with Gasteiger partial charge in [0.1, 0.15) is 0 Å². The third-order valence-corrected chi connectivity index (χ3v) is 7.27. The molecule has 0 aliphatic heterocycles. The maximum Gasteiger partial charge on any atom is 0.340 e. The summed E-state index contributed by atoms with van der Waals surface area (Å²) in [6.45, 7) is 1.78. The second kappa shape index (κ2) is 12.4. The lowest BCUT2D eigenvalue weighted by Gasteiger charge is -2.15. The lowest BCUT2D eigenvalue weighted by molar-refractivity contribution is -0.116. The van der Waals surface area contributed by atoms with Crippen LogP contribution < -0.4 is 19.5 Å². The third kappa shape index (κ3) is 7.08. The molecule has 3 rings (SSSR count). The van der Waals surface area contributed by atoms with E-state index >= 15 is 0 Å². The van der Waals surface area contributed by atoms with E-state index < -0.39 is 16.0 Å². The number of anilines is 1. The number of aryl methyl sites for hydroxylation is 1. The Morgan fingerprint density at radius 2 is 1.51 bits per heavy atom. The van der Waals surface area contributed by atoms with Crippen molar-refractivity contribution in [1.82, 2.24) is 4.72 Å². The minimum absolute atomic E-state index is 0.102. The van der Waals surface area contributed by atoms with Crippen molar-refractivity contribution >= 4 is 27.6 Å². The van der Waals surface area contributed by atoms with Crippen LogP contribution in [0.5, 0.6) is 11.5 Å². The maximum absolute atomic E-state index is 12.8. The highest BCUT2D eigenvalue weighted by atomic mass is 32.2. The van der Waals surface area contributed by atoms with Gasteiger partial charge in [-0.15, -0.1) is 0 Å². The molecule has 2 N–H and O–H groups in total. The highest BCUT2D eigenvalue weighted by Gasteiger charge is 2.20. The number of sulfonamides is 1. The first kappa shape index (κ1) is 27.7. The predicted molar refractivity (Wildman–Crippen MR) is 139 cm³/mol. The van der Waals surface area contributed by atoms with Gasteiger partial charge in [-0.25, -0.2) is 17.9 Å². The van der Waals surface area contributed by atoms with Crippen molar-refractivity contribution in [3.05, 3.63) is 83.4 Å². The molecule has 3 aromatic carbocycles. The quantitative estimate of drug-likeness (QED) is 0.361. The first-order valence-electron chi connectivity index (χ1n) is 11.5. The number of hydrogen-bond acceptors (Lipinski definition) is 7. The molecule has 9 nitrogen and oxygen atoms in total. The Hall–Kier alpha value is -3.89. The lowest BCUT2D eigenvalue weighted by Crippen LogP contribution is -2.26. The van der Waals surface area contributed by atoms with Crippen molar-refractivity contribution in [1.29, 1.82) is 0 Å². The minimum Gasteiger partial charge on any atom is -0.493 e. The summed E-state index contributed by atoms with van der Waals surface area (Å²) in [5.41, 5.74) is 2.00. The van der Waals surface area contributed by atoms with E-state index in [1.165, 1.54) is 45.6 Å². The predicted octanol–water partition coefficient (Wildman–Crippen LogP) is 4.10. The van der Waals surface area contributed by atoms with Crippen LogP contribution in [-0.4, -0.2) is 41.6 Å². The fraction of sp³-hybridized carbons (Fsp3) is 0.259. The Bertz CT molecular complexity index is 1340. The highest BCUT2D eigenvalue weighted by molar-refractivity contribution is 7.89. The van der Waals surface area contributed by atoms with Gasteiger partial charge in [-0.1, -0.05) is 42.5 Å². The third-order valence-electron chi connectivity index (χ3n) is 5.71. The molecule has 10 heteroatoms. The Kier molecular flexibility index (Phi) is 9.26. The molecule has 0 radical (unpaired) electrons.